The Morgan fingerprint density at radius 2 is 2.07 bits per heavy atom. The Morgan fingerprint density at radius 1 is 1.43 bits per heavy atom. The van der Waals surface area contributed by atoms with Crippen LogP contribution in [-0.4, -0.2) is 0 Å². The van der Waals surface area contributed by atoms with E-state index < -0.39 is 0 Å². The monoisotopic (exact) mass is 253 g/mol. The minimum absolute atomic E-state index is 0.244. The van der Waals surface area contributed by atoms with Gasteiger partial charge in [0.25, 0.3) is 0 Å². The van der Waals surface area contributed by atoms with Crippen molar-refractivity contribution in [2.45, 2.75) is 25.8 Å². The predicted molar refractivity (Wildman–Crippen MR) is 63.0 cm³/mol. The molecule has 0 bridgehead atoms. The summed E-state index contributed by atoms with van der Waals surface area (Å²) in [6.45, 7) is 2.25. The molecule has 1 aliphatic rings. The number of nitrogens with two attached hydrogens (primary N) is 1. The zero-order valence-corrected chi connectivity index (χ0v) is 10.00. The second-order valence-corrected chi connectivity index (χ2v) is 5.06. The maximum Gasteiger partial charge on any atom is 0.0326 e. The van der Waals surface area contributed by atoms with E-state index in [0.717, 1.165) is 16.3 Å². The van der Waals surface area contributed by atoms with Gasteiger partial charge in [0.15, 0.2) is 0 Å². The highest BCUT2D eigenvalue weighted by molar-refractivity contribution is 9.10. The van der Waals surface area contributed by atoms with E-state index in [0.29, 0.717) is 0 Å². The van der Waals surface area contributed by atoms with Gasteiger partial charge in [-0.1, -0.05) is 41.4 Å². The predicted octanol–water partition coefficient (Wildman–Crippen LogP) is 3.50. The van der Waals surface area contributed by atoms with E-state index in [1.807, 2.05) is 0 Å². The van der Waals surface area contributed by atoms with Crippen molar-refractivity contribution in [1.29, 1.82) is 0 Å². The fourth-order valence-corrected chi connectivity index (χ4v) is 2.38. The zero-order valence-electron chi connectivity index (χ0n) is 8.41. The third-order valence-electron chi connectivity index (χ3n) is 3.22. The molecular formula is C12H16BrN. The first kappa shape index (κ1) is 10.2. The third-order valence-corrected chi connectivity index (χ3v) is 3.75. The van der Waals surface area contributed by atoms with Crippen molar-refractivity contribution in [2.24, 2.45) is 17.6 Å². The Morgan fingerprint density at radius 3 is 2.57 bits per heavy atom. The lowest BCUT2D eigenvalue weighted by Crippen LogP contribution is -2.13. The lowest BCUT2D eigenvalue weighted by molar-refractivity contribution is 0.567. The lowest BCUT2D eigenvalue weighted by Gasteiger charge is -2.11. The summed E-state index contributed by atoms with van der Waals surface area (Å²) in [6, 6.07) is 8.63. The molecule has 0 amide bonds. The van der Waals surface area contributed by atoms with Gasteiger partial charge in [0, 0.05) is 10.5 Å². The van der Waals surface area contributed by atoms with Crippen LogP contribution in [0.15, 0.2) is 28.7 Å². The minimum atomic E-state index is 0.244. The molecule has 1 unspecified atom stereocenters. The molecule has 0 radical (unpaired) electrons. The number of benzene rings is 1. The van der Waals surface area contributed by atoms with E-state index in [1.54, 1.807) is 0 Å². The molecule has 14 heavy (non-hydrogen) atoms. The average Bonchev–Trinajstić information content (AvgIpc) is 2.97. The van der Waals surface area contributed by atoms with Crippen LogP contribution in [-0.2, 0) is 0 Å². The van der Waals surface area contributed by atoms with Gasteiger partial charge in [0.05, 0.1) is 0 Å². The molecule has 3 atom stereocenters. The molecule has 0 heterocycles. The van der Waals surface area contributed by atoms with Crippen molar-refractivity contribution in [3.05, 3.63) is 34.3 Å². The van der Waals surface area contributed by atoms with Crippen molar-refractivity contribution in [3.63, 3.8) is 0 Å². The van der Waals surface area contributed by atoms with E-state index in [4.69, 9.17) is 5.73 Å². The van der Waals surface area contributed by atoms with Crippen LogP contribution in [0.1, 0.15) is 31.4 Å². The van der Waals surface area contributed by atoms with Gasteiger partial charge in [-0.3, -0.25) is 0 Å². The van der Waals surface area contributed by atoms with Crippen molar-refractivity contribution >= 4 is 15.9 Å². The molecule has 2 rings (SSSR count). The normalized spacial score (nSPS) is 27.4. The van der Waals surface area contributed by atoms with Gasteiger partial charge in [0.1, 0.15) is 0 Å². The average molecular weight is 254 g/mol. The Balaban J connectivity index is 2.05. The summed E-state index contributed by atoms with van der Waals surface area (Å²) in [5, 5.41) is 0. The van der Waals surface area contributed by atoms with Gasteiger partial charge < -0.3 is 5.73 Å². The summed E-state index contributed by atoms with van der Waals surface area (Å²) in [5.74, 6) is 1.59. The molecule has 0 aliphatic heterocycles. The molecule has 2 heteroatoms. The highest BCUT2D eigenvalue weighted by Gasteiger charge is 2.40. The second-order valence-electron chi connectivity index (χ2n) is 4.15. The van der Waals surface area contributed by atoms with Crippen LogP contribution in [0.4, 0.5) is 0 Å². The van der Waals surface area contributed by atoms with Crippen LogP contribution < -0.4 is 5.73 Å². The van der Waals surface area contributed by atoms with E-state index in [1.165, 1.54) is 18.4 Å². The molecule has 0 aromatic heterocycles. The summed E-state index contributed by atoms with van der Waals surface area (Å²) in [7, 11) is 0. The molecular weight excluding hydrogens is 238 g/mol. The number of hydrogen-bond donors (Lipinski definition) is 1. The molecule has 1 nitrogen and oxygen atoms in total. The summed E-state index contributed by atoms with van der Waals surface area (Å²) in [4.78, 5) is 0. The first-order valence-corrected chi connectivity index (χ1v) is 6.02. The molecule has 1 aliphatic carbocycles. The van der Waals surface area contributed by atoms with Gasteiger partial charge >= 0.3 is 0 Å². The van der Waals surface area contributed by atoms with E-state index in [-0.39, 0.29) is 6.04 Å². The maximum atomic E-state index is 6.20. The molecule has 1 saturated carbocycles. The topological polar surface area (TPSA) is 26.0 Å². The van der Waals surface area contributed by atoms with Crippen LogP contribution in [0.25, 0.3) is 0 Å². The first-order valence-electron chi connectivity index (χ1n) is 5.23. The molecule has 1 aromatic rings. The number of halogens is 1. The first-order chi connectivity index (χ1) is 6.72. The standard InChI is InChI=1S/C12H16BrN/c1-2-8-7-11(8)12(14)9-3-5-10(13)6-4-9/h3-6,8,11-12H,2,7,14H2,1H3/t8-,11-,12?/m1/s1. The summed E-state index contributed by atoms with van der Waals surface area (Å²) < 4.78 is 1.12. The van der Waals surface area contributed by atoms with Gasteiger partial charge in [-0.25, -0.2) is 0 Å². The van der Waals surface area contributed by atoms with E-state index >= 15 is 0 Å². The zero-order chi connectivity index (χ0) is 10.1. The molecule has 0 spiro atoms. The molecule has 1 aromatic carbocycles. The number of hydrogen-bond acceptors (Lipinski definition) is 1. The van der Waals surface area contributed by atoms with Gasteiger partial charge in [0.2, 0.25) is 0 Å². The Kier molecular flexibility index (Phi) is 2.93. The Labute approximate surface area is 93.8 Å². The highest BCUT2D eigenvalue weighted by Crippen LogP contribution is 2.48. The summed E-state index contributed by atoms with van der Waals surface area (Å²) in [5.41, 5.74) is 7.47. The largest absolute Gasteiger partial charge is 0.324 e. The van der Waals surface area contributed by atoms with Gasteiger partial charge in [-0.2, -0.15) is 0 Å². The third kappa shape index (κ3) is 2.01. The van der Waals surface area contributed by atoms with Crippen LogP contribution in [0.5, 0.6) is 0 Å². The van der Waals surface area contributed by atoms with Gasteiger partial charge in [-0.15, -0.1) is 0 Å². The van der Waals surface area contributed by atoms with Crippen LogP contribution in [0.3, 0.4) is 0 Å². The fraction of sp³-hybridized carbons (Fsp3) is 0.500. The highest BCUT2D eigenvalue weighted by atomic mass is 79.9. The maximum absolute atomic E-state index is 6.20. The molecule has 2 N–H and O–H groups in total. The van der Waals surface area contributed by atoms with Crippen LogP contribution in [0, 0.1) is 11.8 Å². The van der Waals surface area contributed by atoms with Crippen molar-refractivity contribution in [3.8, 4) is 0 Å². The summed E-state index contributed by atoms with van der Waals surface area (Å²) in [6.07, 6.45) is 2.59. The molecule has 76 valence electrons. The fourth-order valence-electron chi connectivity index (χ4n) is 2.11. The second kappa shape index (κ2) is 4.03. The summed E-state index contributed by atoms with van der Waals surface area (Å²) >= 11 is 3.43. The quantitative estimate of drug-likeness (QED) is 0.877. The Bertz CT molecular complexity index is 307. The number of rotatable bonds is 3. The van der Waals surface area contributed by atoms with Crippen molar-refractivity contribution in [2.75, 3.05) is 0 Å². The molecule has 1 fully saturated rings. The lowest BCUT2D eigenvalue weighted by atomic mass is 10.0. The van der Waals surface area contributed by atoms with Crippen molar-refractivity contribution in [1.82, 2.24) is 0 Å². The minimum Gasteiger partial charge on any atom is -0.324 e. The van der Waals surface area contributed by atoms with Gasteiger partial charge in [-0.05, 0) is 36.0 Å². The van der Waals surface area contributed by atoms with E-state index in [9.17, 15) is 0 Å². The Hall–Kier alpha value is -0.340. The van der Waals surface area contributed by atoms with Crippen LogP contribution >= 0.6 is 15.9 Å². The van der Waals surface area contributed by atoms with Crippen LogP contribution in [0.2, 0.25) is 0 Å². The SMILES string of the molecule is CC[C@@H]1C[C@H]1C(N)c1ccc(Br)cc1. The molecule has 0 saturated heterocycles. The smallest absolute Gasteiger partial charge is 0.0326 e. The van der Waals surface area contributed by atoms with Crippen molar-refractivity contribution < 1.29 is 0 Å². The van der Waals surface area contributed by atoms with E-state index in [2.05, 4.69) is 47.1 Å².